The van der Waals surface area contributed by atoms with Gasteiger partial charge in [-0.2, -0.15) is 0 Å². The Morgan fingerprint density at radius 2 is 1.87 bits per heavy atom. The van der Waals surface area contributed by atoms with Gasteiger partial charge < -0.3 is 9.84 Å². The van der Waals surface area contributed by atoms with Crippen molar-refractivity contribution in [2.24, 2.45) is 0 Å². The van der Waals surface area contributed by atoms with E-state index in [1.165, 1.54) is 22.9 Å². The zero-order valence-corrected chi connectivity index (χ0v) is 15.5. The lowest BCUT2D eigenvalue weighted by Gasteiger charge is -2.06. The maximum absolute atomic E-state index is 9.85. The van der Waals surface area contributed by atoms with Crippen LogP contribution in [-0.2, 0) is 0 Å². The Morgan fingerprint density at radius 3 is 2.61 bits per heavy atom. The van der Waals surface area contributed by atoms with E-state index in [1.807, 2.05) is 18.2 Å². The van der Waals surface area contributed by atoms with Gasteiger partial charge in [0, 0.05) is 0 Å². The quantitative estimate of drug-likeness (QED) is 0.637. The molecule has 0 bridgehead atoms. The molecular formula is C18H16BrNO2S. The fraction of sp³-hybridized carbons (Fsp3) is 0.167. The Labute approximate surface area is 147 Å². The molecule has 0 amide bonds. The Balaban J connectivity index is 1.95. The number of fused-ring (bicyclic) bond motifs is 1. The maximum Gasteiger partial charge on any atom is 0.172 e. The van der Waals surface area contributed by atoms with E-state index in [1.54, 1.807) is 17.4 Å². The van der Waals surface area contributed by atoms with Crippen LogP contribution in [0.15, 0.2) is 28.7 Å². The molecule has 1 N–H and O–H groups in total. The van der Waals surface area contributed by atoms with Crippen molar-refractivity contribution in [3.8, 4) is 11.5 Å². The highest BCUT2D eigenvalue weighted by atomic mass is 79.9. The summed E-state index contributed by atoms with van der Waals surface area (Å²) in [5.74, 6) is 0.546. The summed E-state index contributed by atoms with van der Waals surface area (Å²) >= 11 is 5.00. The number of phenolic OH excluding ortho intramolecular Hbond substituents is 1. The predicted molar refractivity (Wildman–Crippen MR) is 100 cm³/mol. The van der Waals surface area contributed by atoms with Crippen LogP contribution in [0.25, 0.3) is 22.4 Å². The average Bonchev–Trinajstić information content (AvgIpc) is 2.90. The topological polar surface area (TPSA) is 42.4 Å². The second-order valence-corrected chi connectivity index (χ2v) is 7.26. The van der Waals surface area contributed by atoms with Crippen molar-refractivity contribution in [3.05, 3.63) is 50.4 Å². The number of halogens is 1. The van der Waals surface area contributed by atoms with Crippen LogP contribution in [0.5, 0.6) is 11.5 Å². The largest absolute Gasteiger partial charge is 0.503 e. The van der Waals surface area contributed by atoms with E-state index in [0.717, 1.165) is 16.1 Å². The number of aromatic hydroxyl groups is 1. The first-order valence-electron chi connectivity index (χ1n) is 7.10. The van der Waals surface area contributed by atoms with Crippen molar-refractivity contribution < 1.29 is 9.84 Å². The first-order valence-corrected chi connectivity index (χ1v) is 8.71. The van der Waals surface area contributed by atoms with Gasteiger partial charge in [0.2, 0.25) is 0 Å². The molecule has 0 atom stereocenters. The molecule has 3 aromatic rings. The van der Waals surface area contributed by atoms with Crippen molar-refractivity contribution >= 4 is 49.6 Å². The minimum atomic E-state index is 0.107. The van der Waals surface area contributed by atoms with Gasteiger partial charge in [0.1, 0.15) is 5.01 Å². The van der Waals surface area contributed by atoms with Crippen molar-refractivity contribution in [1.29, 1.82) is 0 Å². The molecule has 23 heavy (non-hydrogen) atoms. The van der Waals surface area contributed by atoms with Gasteiger partial charge >= 0.3 is 0 Å². The maximum atomic E-state index is 9.85. The summed E-state index contributed by atoms with van der Waals surface area (Å²) in [4.78, 5) is 4.65. The smallest absolute Gasteiger partial charge is 0.172 e. The first kappa shape index (κ1) is 16.0. The zero-order valence-electron chi connectivity index (χ0n) is 13.1. The Kier molecular flexibility index (Phi) is 4.41. The van der Waals surface area contributed by atoms with Crippen LogP contribution >= 0.6 is 27.3 Å². The molecule has 1 heterocycles. The summed E-state index contributed by atoms with van der Waals surface area (Å²) in [6.45, 7) is 4.22. The summed E-state index contributed by atoms with van der Waals surface area (Å²) in [6.07, 6.45) is 3.94. The van der Waals surface area contributed by atoms with Crippen LogP contribution in [0.3, 0.4) is 0 Å². The zero-order chi connectivity index (χ0) is 16.6. The molecule has 0 saturated heterocycles. The first-order chi connectivity index (χ1) is 11.0. The van der Waals surface area contributed by atoms with Gasteiger partial charge in [0.15, 0.2) is 11.5 Å². The van der Waals surface area contributed by atoms with Crippen molar-refractivity contribution in [2.45, 2.75) is 13.8 Å². The third kappa shape index (κ3) is 3.26. The van der Waals surface area contributed by atoms with Gasteiger partial charge in [0.05, 0.1) is 21.8 Å². The number of aryl methyl sites for hydroxylation is 2. The number of rotatable bonds is 3. The number of benzene rings is 2. The fourth-order valence-corrected chi connectivity index (χ4v) is 3.69. The van der Waals surface area contributed by atoms with Gasteiger partial charge in [-0.3, -0.25) is 0 Å². The molecule has 0 aliphatic rings. The van der Waals surface area contributed by atoms with Crippen LogP contribution in [0.1, 0.15) is 21.7 Å². The number of methoxy groups -OCH3 is 1. The number of thiazole rings is 1. The van der Waals surface area contributed by atoms with Gasteiger partial charge in [-0.25, -0.2) is 4.98 Å². The number of hydrogen-bond acceptors (Lipinski definition) is 4. The molecule has 5 heteroatoms. The van der Waals surface area contributed by atoms with E-state index in [2.05, 4.69) is 46.9 Å². The monoisotopic (exact) mass is 389 g/mol. The standard InChI is InChI=1S/C18H16BrNO2S/c1-10-6-14-16(7-11(10)2)23-17(20-14)5-4-12-8-13(19)18(21)15(9-12)22-3/h4-9,21H,1-3H3. The number of phenols is 1. The summed E-state index contributed by atoms with van der Waals surface area (Å²) in [5.41, 5.74) is 4.50. The molecule has 0 unspecified atom stereocenters. The minimum absolute atomic E-state index is 0.107. The van der Waals surface area contributed by atoms with Crippen LogP contribution in [0, 0.1) is 13.8 Å². The molecule has 0 fully saturated rings. The second kappa shape index (κ2) is 6.34. The molecule has 3 nitrogen and oxygen atoms in total. The minimum Gasteiger partial charge on any atom is -0.503 e. The fourth-order valence-electron chi connectivity index (χ4n) is 2.28. The SMILES string of the molecule is COc1cc(C=Cc2nc3cc(C)c(C)cc3s2)cc(Br)c1O. The third-order valence-corrected chi connectivity index (χ3v) is 5.30. The molecular weight excluding hydrogens is 374 g/mol. The summed E-state index contributed by atoms with van der Waals surface area (Å²) in [5, 5.41) is 10.8. The van der Waals surface area contributed by atoms with Gasteiger partial charge in [-0.1, -0.05) is 6.08 Å². The molecule has 3 rings (SSSR count). The molecule has 0 aliphatic carbocycles. The van der Waals surface area contributed by atoms with E-state index < -0.39 is 0 Å². The lowest BCUT2D eigenvalue weighted by Crippen LogP contribution is -1.85. The van der Waals surface area contributed by atoms with Gasteiger partial charge in [-0.15, -0.1) is 11.3 Å². The summed E-state index contributed by atoms with van der Waals surface area (Å²) in [6, 6.07) is 7.94. The number of ether oxygens (including phenoxy) is 1. The van der Waals surface area contributed by atoms with Gasteiger partial charge in [-0.05, 0) is 76.8 Å². The summed E-state index contributed by atoms with van der Waals surface area (Å²) < 4.78 is 6.96. The number of hydrogen-bond donors (Lipinski definition) is 1. The van der Waals surface area contributed by atoms with Crippen LogP contribution in [0.2, 0.25) is 0 Å². The number of aromatic nitrogens is 1. The predicted octanol–water partition coefficient (Wildman–Crippen LogP) is 5.56. The van der Waals surface area contributed by atoms with Crippen LogP contribution in [0.4, 0.5) is 0 Å². The number of nitrogens with zero attached hydrogens (tertiary/aromatic N) is 1. The van der Waals surface area contributed by atoms with E-state index in [9.17, 15) is 5.11 Å². The van der Waals surface area contributed by atoms with Crippen LogP contribution < -0.4 is 4.74 Å². The Hall–Kier alpha value is -1.85. The molecule has 2 aromatic carbocycles. The van der Waals surface area contributed by atoms with Crippen molar-refractivity contribution in [3.63, 3.8) is 0 Å². The Morgan fingerprint density at radius 1 is 1.13 bits per heavy atom. The van der Waals surface area contributed by atoms with Gasteiger partial charge in [0.25, 0.3) is 0 Å². The van der Waals surface area contributed by atoms with E-state index >= 15 is 0 Å². The highest BCUT2D eigenvalue weighted by molar-refractivity contribution is 9.10. The van der Waals surface area contributed by atoms with Crippen molar-refractivity contribution in [1.82, 2.24) is 4.98 Å². The molecule has 1 aromatic heterocycles. The van der Waals surface area contributed by atoms with E-state index in [0.29, 0.717) is 10.2 Å². The molecule has 0 radical (unpaired) electrons. The van der Waals surface area contributed by atoms with Crippen molar-refractivity contribution in [2.75, 3.05) is 7.11 Å². The van der Waals surface area contributed by atoms with E-state index in [-0.39, 0.29) is 5.75 Å². The highest BCUT2D eigenvalue weighted by Crippen LogP contribution is 2.36. The Bertz CT molecular complexity index is 876. The normalized spacial score (nSPS) is 11.5. The average molecular weight is 390 g/mol. The lowest BCUT2D eigenvalue weighted by atomic mass is 10.1. The second-order valence-electron chi connectivity index (χ2n) is 5.34. The molecule has 0 spiro atoms. The van der Waals surface area contributed by atoms with Crippen LogP contribution in [-0.4, -0.2) is 17.2 Å². The third-order valence-electron chi connectivity index (χ3n) is 3.71. The highest BCUT2D eigenvalue weighted by Gasteiger charge is 2.08. The lowest BCUT2D eigenvalue weighted by molar-refractivity contribution is 0.372. The van der Waals surface area contributed by atoms with E-state index in [4.69, 9.17) is 4.74 Å². The molecule has 118 valence electrons. The molecule has 0 aliphatic heterocycles. The molecule has 0 saturated carbocycles. The summed E-state index contributed by atoms with van der Waals surface area (Å²) in [7, 11) is 1.53.